The number of anilines is 3. The number of amides is 2. The Kier molecular flexibility index (Phi) is 8.59. The number of carbonyl (C=O) groups is 2. The highest BCUT2D eigenvalue weighted by atomic mass is 19.4. The maximum absolute atomic E-state index is 15.7. The van der Waals surface area contributed by atoms with Gasteiger partial charge >= 0.3 is 12.3 Å². The lowest BCUT2D eigenvalue weighted by atomic mass is 10.0. The van der Waals surface area contributed by atoms with E-state index in [1.165, 1.54) is 23.4 Å². The normalized spacial score (nSPS) is 19.2. The van der Waals surface area contributed by atoms with Gasteiger partial charge in [-0.3, -0.25) is 9.69 Å². The van der Waals surface area contributed by atoms with Crippen molar-refractivity contribution in [3.63, 3.8) is 0 Å². The second-order valence-electron chi connectivity index (χ2n) is 10.7. The van der Waals surface area contributed by atoms with Gasteiger partial charge in [0.25, 0.3) is 5.91 Å². The van der Waals surface area contributed by atoms with Gasteiger partial charge in [0.1, 0.15) is 11.6 Å². The first kappa shape index (κ1) is 30.9. The monoisotopic (exact) mass is 620 g/mol. The number of nitrogens with zero attached hydrogens (tertiary/aromatic N) is 5. The van der Waals surface area contributed by atoms with Crippen LogP contribution in [0.3, 0.4) is 0 Å². The fourth-order valence-electron chi connectivity index (χ4n) is 5.57. The van der Waals surface area contributed by atoms with Crippen molar-refractivity contribution in [3.8, 4) is 11.1 Å². The van der Waals surface area contributed by atoms with Crippen LogP contribution in [0.4, 0.5) is 44.1 Å². The van der Waals surface area contributed by atoms with Crippen LogP contribution < -0.4 is 15.1 Å². The molecule has 3 aromatic rings. The third-order valence-electron chi connectivity index (χ3n) is 7.59. The number of hydrogen-bond donors (Lipinski definition) is 2. The van der Waals surface area contributed by atoms with E-state index < -0.39 is 53.0 Å². The lowest BCUT2D eigenvalue weighted by Crippen LogP contribution is -2.58. The minimum Gasteiger partial charge on any atom is -0.465 e. The zero-order chi connectivity index (χ0) is 31.8. The summed E-state index contributed by atoms with van der Waals surface area (Å²) in [6, 6.07) is 3.04. The average molecular weight is 621 g/mol. The quantitative estimate of drug-likeness (QED) is 0.379. The van der Waals surface area contributed by atoms with Crippen LogP contribution in [0.15, 0.2) is 42.7 Å². The minimum atomic E-state index is -5.02. The molecule has 10 nitrogen and oxygen atoms in total. The van der Waals surface area contributed by atoms with Gasteiger partial charge in [0.05, 0.1) is 47.8 Å². The molecule has 5 rings (SSSR count). The molecule has 0 unspecified atom stereocenters. The molecular formula is C29H29F5N6O4. The van der Waals surface area contributed by atoms with E-state index >= 15 is 4.39 Å². The predicted molar refractivity (Wildman–Crippen MR) is 151 cm³/mol. The Hall–Kier alpha value is -4.53. The second kappa shape index (κ2) is 12.2. The number of carbonyl (C=O) groups excluding carboxylic acids is 1. The van der Waals surface area contributed by atoms with Crippen molar-refractivity contribution in [2.75, 3.05) is 54.5 Å². The molecule has 234 valence electrons. The molecule has 2 aliphatic heterocycles. The summed E-state index contributed by atoms with van der Waals surface area (Å²) in [6.45, 7) is 5.73. The number of hydrogen-bond acceptors (Lipinski definition) is 7. The molecule has 0 radical (unpaired) electrons. The van der Waals surface area contributed by atoms with E-state index in [1.54, 1.807) is 18.7 Å². The van der Waals surface area contributed by atoms with E-state index in [9.17, 15) is 32.3 Å². The lowest BCUT2D eigenvalue weighted by molar-refractivity contribution is -0.138. The fourth-order valence-corrected chi connectivity index (χ4v) is 5.57. The number of piperazine rings is 1. The molecule has 0 bridgehead atoms. The molecule has 44 heavy (non-hydrogen) atoms. The Labute approximate surface area is 249 Å². The molecule has 2 N–H and O–H groups in total. The number of aromatic nitrogens is 2. The summed E-state index contributed by atoms with van der Waals surface area (Å²) in [7, 11) is 0. The van der Waals surface area contributed by atoms with Gasteiger partial charge in [-0.15, -0.1) is 0 Å². The van der Waals surface area contributed by atoms with E-state index in [-0.39, 0.29) is 41.7 Å². The highest BCUT2D eigenvalue weighted by Gasteiger charge is 2.37. The van der Waals surface area contributed by atoms with E-state index in [0.717, 1.165) is 18.2 Å². The molecule has 2 fully saturated rings. The van der Waals surface area contributed by atoms with Crippen LogP contribution in [0.1, 0.15) is 29.8 Å². The number of benzene rings is 2. The molecule has 15 heteroatoms. The van der Waals surface area contributed by atoms with Crippen LogP contribution in [0.5, 0.6) is 0 Å². The number of rotatable bonds is 5. The van der Waals surface area contributed by atoms with Gasteiger partial charge in [-0.1, -0.05) is 0 Å². The smallest absolute Gasteiger partial charge is 0.417 e. The lowest BCUT2D eigenvalue weighted by Gasteiger charge is -2.44. The molecule has 2 amide bonds. The van der Waals surface area contributed by atoms with Crippen LogP contribution >= 0.6 is 0 Å². The van der Waals surface area contributed by atoms with Gasteiger partial charge in [-0.25, -0.2) is 23.5 Å². The number of nitrogens with one attached hydrogen (secondary N) is 1. The van der Waals surface area contributed by atoms with Crippen molar-refractivity contribution < 1.29 is 41.4 Å². The third kappa shape index (κ3) is 6.37. The Morgan fingerprint density at radius 2 is 1.61 bits per heavy atom. The number of alkyl halides is 3. The second-order valence-corrected chi connectivity index (χ2v) is 10.7. The van der Waals surface area contributed by atoms with Crippen LogP contribution in [-0.4, -0.2) is 83.5 Å². The van der Waals surface area contributed by atoms with E-state index in [4.69, 9.17) is 4.74 Å². The van der Waals surface area contributed by atoms with Gasteiger partial charge in [0, 0.05) is 49.7 Å². The molecule has 3 heterocycles. The number of halogens is 5. The predicted octanol–water partition coefficient (Wildman–Crippen LogP) is 5.11. The summed E-state index contributed by atoms with van der Waals surface area (Å²) in [6.07, 6.45) is -3.35. The molecule has 0 aliphatic carbocycles. The van der Waals surface area contributed by atoms with Gasteiger partial charge < -0.3 is 25.0 Å². The topological polar surface area (TPSA) is 111 Å². The minimum absolute atomic E-state index is 0.0296. The summed E-state index contributed by atoms with van der Waals surface area (Å²) in [4.78, 5) is 38.5. The van der Waals surface area contributed by atoms with E-state index in [0.29, 0.717) is 32.3 Å². The van der Waals surface area contributed by atoms with E-state index in [1.807, 2.05) is 4.90 Å². The summed E-state index contributed by atoms with van der Waals surface area (Å²) in [5.41, 5.74) is -1.99. The van der Waals surface area contributed by atoms with Crippen LogP contribution in [0.2, 0.25) is 0 Å². The molecule has 1 aromatic heterocycles. The molecule has 0 saturated carbocycles. The third-order valence-corrected chi connectivity index (χ3v) is 7.59. The fraction of sp³-hybridized carbons (Fsp3) is 0.379. The van der Waals surface area contributed by atoms with Gasteiger partial charge in [-0.05, 0) is 44.2 Å². The molecule has 2 saturated heterocycles. The molecular weight excluding hydrogens is 591 g/mol. The Balaban J connectivity index is 1.54. The van der Waals surface area contributed by atoms with Gasteiger partial charge in [0.15, 0.2) is 0 Å². The molecule has 2 aliphatic rings. The van der Waals surface area contributed by atoms with Crippen molar-refractivity contribution in [2.24, 2.45) is 0 Å². The summed E-state index contributed by atoms with van der Waals surface area (Å²) in [5, 5.41) is 12.1. The molecule has 2 atom stereocenters. The highest BCUT2D eigenvalue weighted by Crippen LogP contribution is 2.38. The van der Waals surface area contributed by atoms with Gasteiger partial charge in [0.2, 0.25) is 5.95 Å². The van der Waals surface area contributed by atoms with E-state index in [2.05, 4.69) is 15.3 Å². The standard InChI is InChI=1S/C29H29F5N6O4/c1-16-14-39(15-17(2)40(16)28(42)43)25-11-23(31)21(18-12-35-27(36-13-18)38-5-7-44-8-6-38)10-24(25)37-26(41)20-4-3-19(30)9-22(20)29(32,33)34/h3-4,9-13,16-17H,5-8,14-15H2,1-2H3,(H,37,41)(H,42,43)/t16-,17+. The maximum Gasteiger partial charge on any atom is 0.417 e. The summed E-state index contributed by atoms with van der Waals surface area (Å²) >= 11 is 0. The number of carboxylic acid groups (broad SMARTS) is 1. The Morgan fingerprint density at radius 1 is 0.977 bits per heavy atom. The summed E-state index contributed by atoms with van der Waals surface area (Å²) in [5.74, 6) is -2.67. The van der Waals surface area contributed by atoms with Crippen molar-refractivity contribution in [2.45, 2.75) is 32.1 Å². The SMILES string of the molecule is C[C@@H]1CN(c2cc(F)c(-c3cnc(N4CCOCC4)nc3)cc2NC(=O)c2ccc(F)cc2C(F)(F)F)C[C@H](C)N1C(=O)O. The van der Waals surface area contributed by atoms with Gasteiger partial charge in [-0.2, -0.15) is 13.2 Å². The first-order valence-corrected chi connectivity index (χ1v) is 13.8. The summed E-state index contributed by atoms with van der Waals surface area (Å²) < 4.78 is 75.9. The van der Waals surface area contributed by atoms with Crippen molar-refractivity contribution in [1.82, 2.24) is 14.9 Å². The Morgan fingerprint density at radius 3 is 2.20 bits per heavy atom. The largest absolute Gasteiger partial charge is 0.465 e. The average Bonchev–Trinajstić information content (AvgIpc) is 2.97. The first-order chi connectivity index (χ1) is 20.8. The van der Waals surface area contributed by atoms with Crippen LogP contribution in [-0.2, 0) is 10.9 Å². The highest BCUT2D eigenvalue weighted by molar-refractivity contribution is 6.07. The van der Waals surface area contributed by atoms with Crippen LogP contribution in [0, 0.1) is 11.6 Å². The molecule has 2 aromatic carbocycles. The maximum atomic E-state index is 15.7. The van der Waals surface area contributed by atoms with Crippen molar-refractivity contribution in [1.29, 1.82) is 0 Å². The van der Waals surface area contributed by atoms with Crippen LogP contribution in [0.25, 0.3) is 11.1 Å². The first-order valence-electron chi connectivity index (χ1n) is 13.8. The number of ether oxygens (including phenoxy) is 1. The zero-order valence-corrected chi connectivity index (χ0v) is 23.7. The molecule has 0 spiro atoms. The van der Waals surface area contributed by atoms with Crippen molar-refractivity contribution in [3.05, 3.63) is 65.5 Å². The zero-order valence-electron chi connectivity index (χ0n) is 23.7. The Bertz CT molecular complexity index is 1540. The number of morpholine rings is 1. The van der Waals surface area contributed by atoms with Crippen molar-refractivity contribution >= 4 is 29.3 Å².